The van der Waals surface area contributed by atoms with Crippen molar-refractivity contribution in [3.63, 3.8) is 0 Å². The van der Waals surface area contributed by atoms with Gasteiger partial charge in [-0.15, -0.1) is 10.2 Å². The molecule has 84 valence electrons. The number of aliphatic hydroxyl groups is 1. The molecule has 0 amide bonds. The Kier molecular flexibility index (Phi) is 3.50. The number of nitrogens with zero attached hydrogens (tertiary/aromatic N) is 3. The third kappa shape index (κ3) is 2.87. The molecule has 1 atom stereocenters. The van der Waals surface area contributed by atoms with Gasteiger partial charge in [0.1, 0.15) is 5.01 Å². The number of likely N-dealkylation sites (tertiary alicyclic amines) is 1. The molecular formula is C9H16N4OS. The molecule has 1 aromatic rings. The van der Waals surface area contributed by atoms with Gasteiger partial charge in [-0.3, -0.25) is 4.90 Å². The molecule has 0 bridgehead atoms. The Hall–Kier alpha value is -0.720. The first-order chi connectivity index (χ1) is 7.28. The molecule has 1 aliphatic heterocycles. The van der Waals surface area contributed by atoms with Gasteiger partial charge in [0.2, 0.25) is 5.13 Å². The summed E-state index contributed by atoms with van der Waals surface area (Å²) >= 11 is 1.59. The molecule has 15 heavy (non-hydrogen) atoms. The van der Waals surface area contributed by atoms with Crippen LogP contribution in [0.2, 0.25) is 0 Å². The van der Waals surface area contributed by atoms with E-state index in [4.69, 9.17) is 0 Å². The van der Waals surface area contributed by atoms with E-state index in [-0.39, 0.29) is 6.10 Å². The second-order valence-electron chi connectivity index (χ2n) is 3.71. The van der Waals surface area contributed by atoms with Gasteiger partial charge in [0.05, 0.1) is 12.6 Å². The van der Waals surface area contributed by atoms with Crippen LogP contribution in [0.15, 0.2) is 0 Å². The van der Waals surface area contributed by atoms with E-state index in [9.17, 15) is 5.11 Å². The van der Waals surface area contributed by atoms with E-state index in [0.29, 0.717) is 0 Å². The first kappa shape index (κ1) is 10.8. The van der Waals surface area contributed by atoms with Crippen molar-refractivity contribution in [2.75, 3.05) is 25.0 Å². The van der Waals surface area contributed by atoms with Crippen LogP contribution < -0.4 is 5.32 Å². The predicted molar refractivity (Wildman–Crippen MR) is 60.0 cm³/mol. The molecule has 0 aromatic carbocycles. The summed E-state index contributed by atoms with van der Waals surface area (Å²) in [6.07, 6.45) is 0.713. The fourth-order valence-electron chi connectivity index (χ4n) is 1.69. The normalized spacial score (nSPS) is 22.1. The Bertz CT molecular complexity index is 317. The highest BCUT2D eigenvalue weighted by Gasteiger charge is 2.21. The highest BCUT2D eigenvalue weighted by Crippen LogP contribution is 2.19. The molecule has 0 spiro atoms. The summed E-state index contributed by atoms with van der Waals surface area (Å²) in [6, 6.07) is 0. The lowest BCUT2D eigenvalue weighted by atomic mass is 10.3. The molecule has 2 N–H and O–H groups in total. The number of hydrogen-bond acceptors (Lipinski definition) is 6. The van der Waals surface area contributed by atoms with Crippen LogP contribution in [0.3, 0.4) is 0 Å². The van der Waals surface area contributed by atoms with Crippen molar-refractivity contribution in [3.8, 4) is 0 Å². The summed E-state index contributed by atoms with van der Waals surface area (Å²) < 4.78 is 0. The van der Waals surface area contributed by atoms with E-state index in [0.717, 1.165) is 42.7 Å². The topological polar surface area (TPSA) is 61.3 Å². The second-order valence-corrected chi connectivity index (χ2v) is 4.77. The molecule has 2 heterocycles. The van der Waals surface area contributed by atoms with Crippen molar-refractivity contribution in [1.82, 2.24) is 15.1 Å². The average Bonchev–Trinajstić information content (AvgIpc) is 2.78. The van der Waals surface area contributed by atoms with Crippen LogP contribution in [0.4, 0.5) is 5.13 Å². The molecule has 1 aliphatic rings. The van der Waals surface area contributed by atoms with E-state index in [1.165, 1.54) is 0 Å². The summed E-state index contributed by atoms with van der Waals surface area (Å²) in [6.45, 7) is 5.43. The number of hydrogen-bond donors (Lipinski definition) is 2. The maximum absolute atomic E-state index is 9.38. The predicted octanol–water partition coefficient (Wildman–Crippen LogP) is 0.536. The monoisotopic (exact) mass is 228 g/mol. The van der Waals surface area contributed by atoms with Crippen molar-refractivity contribution in [3.05, 3.63) is 5.01 Å². The third-order valence-electron chi connectivity index (χ3n) is 2.40. The van der Waals surface area contributed by atoms with Crippen LogP contribution in [0.5, 0.6) is 0 Å². The first-order valence-corrected chi connectivity index (χ1v) is 6.06. The number of rotatable bonds is 4. The van der Waals surface area contributed by atoms with E-state index in [1.54, 1.807) is 11.3 Å². The number of aliphatic hydroxyl groups excluding tert-OH is 1. The molecule has 1 saturated heterocycles. The van der Waals surface area contributed by atoms with Crippen LogP contribution in [-0.4, -0.2) is 45.9 Å². The maximum Gasteiger partial charge on any atom is 0.205 e. The van der Waals surface area contributed by atoms with Gasteiger partial charge in [0.15, 0.2) is 0 Å². The van der Waals surface area contributed by atoms with Crippen molar-refractivity contribution < 1.29 is 5.11 Å². The van der Waals surface area contributed by atoms with E-state index in [2.05, 4.69) is 20.4 Å². The second kappa shape index (κ2) is 4.87. The van der Waals surface area contributed by atoms with Gasteiger partial charge in [0.25, 0.3) is 0 Å². The van der Waals surface area contributed by atoms with Gasteiger partial charge in [-0.05, 0) is 13.3 Å². The van der Waals surface area contributed by atoms with Gasteiger partial charge in [0, 0.05) is 19.6 Å². The van der Waals surface area contributed by atoms with Crippen LogP contribution >= 0.6 is 11.3 Å². The SMILES string of the molecule is CCNc1nnc(CN2CCC(O)C2)s1. The fourth-order valence-corrected chi connectivity index (χ4v) is 2.54. The quantitative estimate of drug-likeness (QED) is 0.787. The highest BCUT2D eigenvalue weighted by atomic mass is 32.1. The summed E-state index contributed by atoms with van der Waals surface area (Å²) in [5, 5.41) is 22.6. The van der Waals surface area contributed by atoms with Gasteiger partial charge in [-0.2, -0.15) is 0 Å². The summed E-state index contributed by atoms with van der Waals surface area (Å²) in [5.74, 6) is 0. The molecule has 5 nitrogen and oxygen atoms in total. The molecule has 1 aromatic heterocycles. The minimum Gasteiger partial charge on any atom is -0.392 e. The third-order valence-corrected chi connectivity index (χ3v) is 3.27. The molecule has 1 fully saturated rings. The van der Waals surface area contributed by atoms with Crippen LogP contribution in [0.1, 0.15) is 18.4 Å². The largest absolute Gasteiger partial charge is 0.392 e. The van der Waals surface area contributed by atoms with Crippen LogP contribution in [-0.2, 0) is 6.54 Å². The zero-order valence-electron chi connectivity index (χ0n) is 8.81. The molecule has 0 aliphatic carbocycles. The standard InChI is InChI=1S/C9H16N4OS/c1-2-10-9-12-11-8(15-9)6-13-4-3-7(14)5-13/h7,14H,2-6H2,1H3,(H,10,12). The Balaban J connectivity index is 1.87. The Morgan fingerprint density at radius 3 is 3.13 bits per heavy atom. The Morgan fingerprint density at radius 2 is 2.47 bits per heavy atom. The molecule has 0 radical (unpaired) electrons. The zero-order valence-corrected chi connectivity index (χ0v) is 9.63. The number of β-amino-alcohol motifs (C(OH)–C–C–N with tert-alkyl or cyclic N) is 1. The Morgan fingerprint density at radius 1 is 1.60 bits per heavy atom. The summed E-state index contributed by atoms with van der Waals surface area (Å²) in [7, 11) is 0. The van der Waals surface area contributed by atoms with E-state index >= 15 is 0 Å². The molecule has 0 saturated carbocycles. The van der Waals surface area contributed by atoms with Gasteiger partial charge < -0.3 is 10.4 Å². The minimum absolute atomic E-state index is 0.161. The van der Waals surface area contributed by atoms with Crippen LogP contribution in [0, 0.1) is 0 Å². The first-order valence-electron chi connectivity index (χ1n) is 5.24. The number of anilines is 1. The van der Waals surface area contributed by atoms with Gasteiger partial charge in [-0.1, -0.05) is 11.3 Å². The maximum atomic E-state index is 9.38. The molecule has 2 rings (SSSR count). The highest BCUT2D eigenvalue weighted by molar-refractivity contribution is 7.15. The minimum atomic E-state index is -0.161. The molecule has 6 heteroatoms. The van der Waals surface area contributed by atoms with Gasteiger partial charge >= 0.3 is 0 Å². The smallest absolute Gasteiger partial charge is 0.205 e. The lowest BCUT2D eigenvalue weighted by molar-refractivity contribution is 0.174. The van der Waals surface area contributed by atoms with Crippen molar-refractivity contribution in [2.45, 2.75) is 26.0 Å². The van der Waals surface area contributed by atoms with Gasteiger partial charge in [-0.25, -0.2) is 0 Å². The zero-order chi connectivity index (χ0) is 10.7. The van der Waals surface area contributed by atoms with E-state index < -0.39 is 0 Å². The molecular weight excluding hydrogens is 212 g/mol. The Labute approximate surface area is 93.1 Å². The average molecular weight is 228 g/mol. The van der Waals surface area contributed by atoms with Crippen molar-refractivity contribution in [2.24, 2.45) is 0 Å². The van der Waals surface area contributed by atoms with Crippen molar-refractivity contribution in [1.29, 1.82) is 0 Å². The summed E-state index contributed by atoms with van der Waals surface area (Å²) in [5.41, 5.74) is 0. The number of aromatic nitrogens is 2. The lowest BCUT2D eigenvalue weighted by Crippen LogP contribution is -2.21. The molecule has 1 unspecified atom stereocenters. The summed E-state index contributed by atoms with van der Waals surface area (Å²) in [4.78, 5) is 2.21. The van der Waals surface area contributed by atoms with E-state index in [1.807, 2.05) is 6.92 Å². The van der Waals surface area contributed by atoms with Crippen molar-refractivity contribution >= 4 is 16.5 Å². The lowest BCUT2D eigenvalue weighted by Gasteiger charge is -2.11. The fraction of sp³-hybridized carbons (Fsp3) is 0.778. The number of nitrogens with one attached hydrogen (secondary N) is 1. The van der Waals surface area contributed by atoms with Crippen LogP contribution in [0.25, 0.3) is 0 Å².